The molecule has 0 spiro atoms. The predicted molar refractivity (Wildman–Crippen MR) is 190 cm³/mol. The molecule has 2 unspecified atom stereocenters. The van der Waals surface area contributed by atoms with Crippen LogP contribution < -0.4 is 0 Å². The van der Waals surface area contributed by atoms with Crippen LogP contribution in [0.3, 0.4) is 0 Å². The van der Waals surface area contributed by atoms with Gasteiger partial charge in [-0.2, -0.15) is 0 Å². The number of aliphatic hydroxyl groups is 1. The number of carbonyl (C=O) groups excluding carboxylic acids is 2. The maximum atomic E-state index is 12.6. The number of unbranched alkanes of at least 4 members (excludes halogenated alkanes) is 10. The molecule has 0 fully saturated rings. The van der Waals surface area contributed by atoms with Gasteiger partial charge in [0.05, 0.1) is 25.0 Å². The van der Waals surface area contributed by atoms with Gasteiger partial charge in [0.15, 0.2) is 0 Å². The lowest BCUT2D eigenvalue weighted by atomic mass is 9.95. The number of allylic oxidation sites excluding steroid dienone is 1. The molecule has 0 aromatic carbocycles. The molecule has 0 saturated heterocycles. The molecule has 6 heteroatoms. The zero-order valence-electron chi connectivity index (χ0n) is 30.1. The first-order valence-electron chi connectivity index (χ1n) is 19.0. The second-order valence-corrected chi connectivity index (χ2v) is 12.7. The van der Waals surface area contributed by atoms with Crippen molar-refractivity contribution in [2.75, 3.05) is 39.5 Å². The summed E-state index contributed by atoms with van der Waals surface area (Å²) in [6.45, 7) is 12.8. The van der Waals surface area contributed by atoms with Gasteiger partial charge in [-0.05, 0) is 64.3 Å². The minimum atomic E-state index is -0.0982. The van der Waals surface area contributed by atoms with Gasteiger partial charge in [0.25, 0.3) is 0 Å². The van der Waals surface area contributed by atoms with Crippen molar-refractivity contribution in [3.63, 3.8) is 0 Å². The van der Waals surface area contributed by atoms with Gasteiger partial charge in [-0.3, -0.25) is 9.59 Å². The van der Waals surface area contributed by atoms with Crippen LogP contribution in [-0.4, -0.2) is 61.4 Å². The molecular formula is C39H73NO5. The first-order chi connectivity index (χ1) is 22.0. The van der Waals surface area contributed by atoms with E-state index in [2.05, 4.69) is 50.8 Å². The van der Waals surface area contributed by atoms with E-state index >= 15 is 0 Å². The van der Waals surface area contributed by atoms with E-state index in [9.17, 15) is 14.7 Å². The molecule has 0 heterocycles. The molecule has 264 valence electrons. The van der Waals surface area contributed by atoms with Crippen molar-refractivity contribution >= 4 is 11.9 Å². The van der Waals surface area contributed by atoms with Crippen molar-refractivity contribution in [3.8, 4) is 0 Å². The summed E-state index contributed by atoms with van der Waals surface area (Å²) >= 11 is 0. The molecular weight excluding hydrogens is 562 g/mol. The van der Waals surface area contributed by atoms with E-state index in [0.29, 0.717) is 13.2 Å². The molecule has 0 rings (SSSR count). The Morgan fingerprint density at radius 2 is 1.20 bits per heavy atom. The number of carbonyl (C=O) groups is 2. The Morgan fingerprint density at radius 3 is 1.89 bits per heavy atom. The Balaban J connectivity index is 4.24. The molecule has 45 heavy (non-hydrogen) atoms. The number of esters is 2. The average molecular weight is 636 g/mol. The number of hydrogen-bond acceptors (Lipinski definition) is 6. The molecule has 0 aromatic heterocycles. The summed E-state index contributed by atoms with van der Waals surface area (Å²) in [5.74, 6) is -0.107. The topological polar surface area (TPSA) is 76.1 Å². The SMILES string of the molecule is CC/C=C\C(CCCCCC)C(=O)OCCCCCCN(CC/C=C/CCOC(=O)C(CCCC)CCCCCC)CCCO. The third-order valence-corrected chi connectivity index (χ3v) is 8.47. The fraction of sp³-hybridized carbons (Fsp3) is 0.846. The van der Waals surface area contributed by atoms with Crippen LogP contribution in [-0.2, 0) is 19.1 Å². The number of rotatable bonds is 33. The smallest absolute Gasteiger partial charge is 0.312 e. The highest BCUT2D eigenvalue weighted by atomic mass is 16.5. The maximum Gasteiger partial charge on any atom is 0.312 e. The summed E-state index contributed by atoms with van der Waals surface area (Å²) < 4.78 is 11.3. The lowest BCUT2D eigenvalue weighted by Crippen LogP contribution is -2.27. The third kappa shape index (κ3) is 27.2. The van der Waals surface area contributed by atoms with Crippen molar-refractivity contribution < 1.29 is 24.2 Å². The van der Waals surface area contributed by atoms with E-state index in [4.69, 9.17) is 9.47 Å². The summed E-state index contributed by atoms with van der Waals surface area (Å²) in [6, 6.07) is 0. The number of nitrogens with zero attached hydrogens (tertiary/aromatic N) is 1. The first kappa shape index (κ1) is 43.3. The number of aliphatic hydroxyl groups excluding tert-OH is 1. The average Bonchev–Trinajstić information content (AvgIpc) is 3.04. The number of hydrogen-bond donors (Lipinski definition) is 1. The molecule has 0 aliphatic heterocycles. The fourth-order valence-electron chi connectivity index (χ4n) is 5.57. The Hall–Kier alpha value is -1.66. The molecule has 2 atom stereocenters. The van der Waals surface area contributed by atoms with Crippen LogP contribution in [0.1, 0.15) is 163 Å². The van der Waals surface area contributed by atoms with Gasteiger partial charge >= 0.3 is 11.9 Å². The molecule has 0 aliphatic rings. The first-order valence-corrected chi connectivity index (χ1v) is 19.0. The van der Waals surface area contributed by atoms with E-state index in [1.807, 2.05) is 6.08 Å². The van der Waals surface area contributed by atoms with Crippen LogP contribution >= 0.6 is 0 Å². The molecule has 0 bridgehead atoms. The molecule has 0 saturated carbocycles. The molecule has 0 aliphatic carbocycles. The minimum Gasteiger partial charge on any atom is -0.465 e. The quantitative estimate of drug-likeness (QED) is 0.0439. The van der Waals surface area contributed by atoms with Gasteiger partial charge in [-0.25, -0.2) is 0 Å². The van der Waals surface area contributed by atoms with E-state index in [1.54, 1.807) is 0 Å². The van der Waals surface area contributed by atoms with Gasteiger partial charge in [0, 0.05) is 19.7 Å². The van der Waals surface area contributed by atoms with Crippen LogP contribution in [0.4, 0.5) is 0 Å². The highest BCUT2D eigenvalue weighted by Crippen LogP contribution is 2.19. The Bertz CT molecular complexity index is 722. The van der Waals surface area contributed by atoms with Gasteiger partial charge < -0.3 is 19.5 Å². The summed E-state index contributed by atoms with van der Waals surface area (Å²) in [5, 5.41) is 9.33. The Labute approximate surface area is 278 Å². The van der Waals surface area contributed by atoms with Gasteiger partial charge in [-0.15, -0.1) is 0 Å². The molecule has 1 N–H and O–H groups in total. The Kier molecular flexibility index (Phi) is 32.5. The summed E-state index contributed by atoms with van der Waals surface area (Å²) in [6.07, 6.45) is 30.6. The van der Waals surface area contributed by atoms with Gasteiger partial charge in [0.1, 0.15) is 0 Å². The van der Waals surface area contributed by atoms with Gasteiger partial charge in [0.2, 0.25) is 0 Å². The standard InChI is InChI=1S/C39H73NO5/c1-5-9-13-19-28-36(26-11-7-3)38(42)44-34-23-17-15-21-30-40(32-25-33-41)31-22-16-18-24-35-45-39(43)37(27-12-8-4)29-20-14-10-6-2/h11,16,18,26,36-37,41H,5-10,12-15,17,19-25,27-35H2,1-4H3/b18-16+,26-11-. The maximum absolute atomic E-state index is 12.6. The van der Waals surface area contributed by atoms with E-state index in [0.717, 1.165) is 116 Å². The van der Waals surface area contributed by atoms with Crippen LogP contribution in [0.15, 0.2) is 24.3 Å². The van der Waals surface area contributed by atoms with Crippen LogP contribution in [0, 0.1) is 11.8 Å². The van der Waals surface area contributed by atoms with Crippen molar-refractivity contribution in [2.24, 2.45) is 11.8 Å². The van der Waals surface area contributed by atoms with Crippen molar-refractivity contribution in [1.82, 2.24) is 4.90 Å². The number of ether oxygens (including phenoxy) is 2. The van der Waals surface area contributed by atoms with Crippen molar-refractivity contribution in [1.29, 1.82) is 0 Å². The van der Waals surface area contributed by atoms with Crippen LogP contribution in [0.25, 0.3) is 0 Å². The predicted octanol–water partition coefficient (Wildman–Crippen LogP) is 9.98. The van der Waals surface area contributed by atoms with E-state index < -0.39 is 0 Å². The fourth-order valence-corrected chi connectivity index (χ4v) is 5.57. The highest BCUT2D eigenvalue weighted by molar-refractivity contribution is 5.74. The minimum absolute atomic E-state index is 0.00665. The lowest BCUT2D eigenvalue weighted by Gasteiger charge is -2.21. The normalized spacial score (nSPS) is 13.2. The molecule has 6 nitrogen and oxygen atoms in total. The highest BCUT2D eigenvalue weighted by Gasteiger charge is 2.19. The van der Waals surface area contributed by atoms with Crippen molar-refractivity contribution in [3.05, 3.63) is 24.3 Å². The Morgan fingerprint density at radius 1 is 0.600 bits per heavy atom. The summed E-state index contributed by atoms with van der Waals surface area (Å²) in [4.78, 5) is 27.6. The van der Waals surface area contributed by atoms with E-state index in [-0.39, 0.29) is 30.4 Å². The molecule has 0 amide bonds. The third-order valence-electron chi connectivity index (χ3n) is 8.47. The molecule has 0 aromatic rings. The summed E-state index contributed by atoms with van der Waals surface area (Å²) in [7, 11) is 0. The van der Waals surface area contributed by atoms with Gasteiger partial charge in [-0.1, -0.05) is 129 Å². The zero-order chi connectivity index (χ0) is 33.2. The monoisotopic (exact) mass is 636 g/mol. The van der Waals surface area contributed by atoms with Crippen LogP contribution in [0.5, 0.6) is 0 Å². The second kappa shape index (κ2) is 33.7. The van der Waals surface area contributed by atoms with Crippen LogP contribution in [0.2, 0.25) is 0 Å². The zero-order valence-corrected chi connectivity index (χ0v) is 30.1. The van der Waals surface area contributed by atoms with Crippen molar-refractivity contribution in [2.45, 2.75) is 163 Å². The second-order valence-electron chi connectivity index (χ2n) is 12.7. The summed E-state index contributed by atoms with van der Waals surface area (Å²) in [5.41, 5.74) is 0. The van der Waals surface area contributed by atoms with E-state index in [1.165, 1.54) is 38.5 Å². The lowest BCUT2D eigenvalue weighted by molar-refractivity contribution is -0.149. The molecule has 0 radical (unpaired) electrons. The largest absolute Gasteiger partial charge is 0.465 e.